The molecule has 6 heterocycles. The van der Waals surface area contributed by atoms with Crippen LogP contribution in [-0.2, 0) is 112 Å². The number of phenols is 1. The van der Waals surface area contributed by atoms with Crippen LogP contribution in [0.4, 0.5) is 0 Å². The number of carbonyl (C=O) groups excluding carboxylic acids is 16. The van der Waals surface area contributed by atoms with Crippen LogP contribution in [0.15, 0.2) is 97.7 Å². The number of rotatable bonds is 25. The number of ketones is 1. The van der Waals surface area contributed by atoms with E-state index in [1.807, 2.05) is 6.92 Å². The maximum absolute atomic E-state index is 15.7. The summed E-state index contributed by atoms with van der Waals surface area (Å²) in [6.07, 6.45) is 1.42. The third-order valence-corrected chi connectivity index (χ3v) is 25.1. The lowest BCUT2D eigenvalue weighted by atomic mass is 9.90. The number of thioether (sulfide) groups is 1. The number of hydrogen-bond donors (Lipinski definition) is 18. The normalized spacial score (nSPS) is 25.1. The molecule has 3 aromatic heterocycles. The number of carbonyl (C=O) groups is 17. The number of methoxy groups -OCH3 is 1. The summed E-state index contributed by atoms with van der Waals surface area (Å²) < 4.78 is 5.46. The molecule has 43 heteroatoms. The van der Waals surface area contributed by atoms with Gasteiger partial charge in [0.1, 0.15) is 78.3 Å². The molecule has 9 rings (SSSR count). The Hall–Kier alpha value is -12.9. The van der Waals surface area contributed by atoms with Gasteiger partial charge < -0.3 is 124 Å². The number of primary amides is 1. The van der Waals surface area contributed by atoms with Gasteiger partial charge in [-0.05, 0) is 105 Å². The Morgan fingerprint density at radius 3 is 1.83 bits per heavy atom. The summed E-state index contributed by atoms with van der Waals surface area (Å²) >= 11 is 0.797. The highest BCUT2D eigenvalue weighted by Gasteiger charge is 2.47. The molecule has 6 aromatic rings. The molecule has 0 spiro atoms. The highest BCUT2D eigenvalue weighted by molar-refractivity contribution is 8.00. The zero-order valence-corrected chi connectivity index (χ0v) is 76.6. The summed E-state index contributed by atoms with van der Waals surface area (Å²) in [5.74, 6) is -18.9. The van der Waals surface area contributed by atoms with Crippen molar-refractivity contribution in [2.75, 3.05) is 79.2 Å². The van der Waals surface area contributed by atoms with Crippen LogP contribution < -0.4 is 59.3 Å². The van der Waals surface area contributed by atoms with Crippen molar-refractivity contribution in [3.8, 4) is 5.75 Å². The second kappa shape index (κ2) is 49.6. The predicted molar refractivity (Wildman–Crippen MR) is 486 cm³/mol. The number of aliphatic hydroxyl groups is 2. The minimum absolute atomic E-state index is 0.0161. The van der Waals surface area contributed by atoms with Gasteiger partial charge in [0, 0.05) is 145 Å². The zero-order valence-electron chi connectivity index (χ0n) is 75.8. The first kappa shape index (κ1) is 104. The molecule has 0 radical (unpaired) electrons. The maximum atomic E-state index is 15.7. The minimum atomic E-state index is -1.88. The van der Waals surface area contributed by atoms with E-state index in [4.69, 9.17) is 16.2 Å². The molecule has 3 saturated heterocycles. The minimum Gasteiger partial charge on any atom is -0.508 e. The highest BCUT2D eigenvalue weighted by atomic mass is 32.2. The molecule has 3 aliphatic rings. The lowest BCUT2D eigenvalue weighted by molar-refractivity contribution is -0.149. The maximum Gasteiger partial charge on any atom is 0.303 e. The number of phenolic OH excluding ortho intramolecular Hbond substituents is 1. The van der Waals surface area contributed by atoms with Crippen molar-refractivity contribution < 1.29 is 107 Å². The van der Waals surface area contributed by atoms with Crippen LogP contribution in [0.3, 0.4) is 0 Å². The van der Waals surface area contributed by atoms with Crippen molar-refractivity contribution in [3.05, 3.63) is 120 Å². The number of nitrogens with two attached hydrogens (primary N) is 2. The Labute approximate surface area is 772 Å². The first-order valence-electron chi connectivity index (χ1n) is 44.5. The number of likely N-dealkylation sites (N-methyl/N-ethyl adjacent to an activating group) is 3. The summed E-state index contributed by atoms with van der Waals surface area (Å²) in [4.78, 5) is 268. The third kappa shape index (κ3) is 28.6. The van der Waals surface area contributed by atoms with E-state index in [1.165, 1.54) is 76.9 Å². The third-order valence-electron chi connectivity index (χ3n) is 24.1. The van der Waals surface area contributed by atoms with Crippen LogP contribution in [-0.4, -0.2) is 329 Å². The van der Waals surface area contributed by atoms with E-state index in [0.717, 1.165) is 31.4 Å². The molecular formula is C90H124N20O22S. The Balaban J connectivity index is 1.09. The number of amides is 15. The molecule has 20 N–H and O–H groups in total. The number of aromatic amines is 3. The van der Waals surface area contributed by atoms with E-state index in [0.29, 0.717) is 51.3 Å². The molecule has 3 aromatic carbocycles. The summed E-state index contributed by atoms with van der Waals surface area (Å²) in [6, 6.07) is -0.317. The number of nitrogens with zero attached hydrogens (tertiary/aromatic N) is 6. The topological polar surface area (TPSA) is 617 Å². The number of benzene rings is 3. The van der Waals surface area contributed by atoms with Crippen molar-refractivity contribution in [1.29, 1.82) is 0 Å². The van der Waals surface area contributed by atoms with Gasteiger partial charge in [0.2, 0.25) is 88.6 Å². The van der Waals surface area contributed by atoms with Crippen molar-refractivity contribution in [1.82, 2.24) is 92.3 Å². The summed E-state index contributed by atoms with van der Waals surface area (Å²) in [6.45, 7) is 3.93. The highest BCUT2D eigenvalue weighted by Crippen LogP contribution is 2.30. The molecule has 0 saturated carbocycles. The monoisotopic (exact) mass is 1870 g/mol. The molecule has 0 bridgehead atoms. The molecule has 0 unspecified atom stereocenters. The molecular weight excluding hydrogens is 1750 g/mol. The molecule has 15 amide bonds. The first-order chi connectivity index (χ1) is 63.4. The van der Waals surface area contributed by atoms with Crippen LogP contribution in [0.2, 0.25) is 0 Å². The van der Waals surface area contributed by atoms with Gasteiger partial charge in [-0.1, -0.05) is 82.1 Å². The number of unbranched alkanes of at least 4 members (excludes halogenated alkanes) is 1. The number of ether oxygens (including phenoxy) is 1. The lowest BCUT2D eigenvalue weighted by Gasteiger charge is -2.36. The second-order valence-electron chi connectivity index (χ2n) is 34.3. The van der Waals surface area contributed by atoms with Gasteiger partial charge >= 0.3 is 5.97 Å². The predicted octanol–water partition coefficient (Wildman–Crippen LogP) is -1.92. The molecule has 722 valence electrons. The number of nitrogens with one attached hydrogen (secondary N) is 12. The first-order valence-corrected chi connectivity index (χ1v) is 45.6. The van der Waals surface area contributed by atoms with Crippen LogP contribution in [0.5, 0.6) is 5.75 Å². The van der Waals surface area contributed by atoms with Crippen molar-refractivity contribution in [3.63, 3.8) is 0 Å². The Morgan fingerprint density at radius 1 is 0.617 bits per heavy atom. The number of Topliss-reactive ketones (excluding diaryl/α,β-unsaturated/α-hetero) is 1. The molecule has 133 heavy (non-hydrogen) atoms. The van der Waals surface area contributed by atoms with Crippen LogP contribution in [0.25, 0.3) is 21.8 Å². The zero-order chi connectivity index (χ0) is 97.0. The summed E-state index contributed by atoms with van der Waals surface area (Å²) in [5.41, 5.74) is 14.4. The summed E-state index contributed by atoms with van der Waals surface area (Å²) in [5, 5.41) is 68.0. The number of imidazole rings is 1. The van der Waals surface area contributed by atoms with E-state index in [-0.39, 0.29) is 101 Å². The smallest absolute Gasteiger partial charge is 0.303 e. The van der Waals surface area contributed by atoms with E-state index >= 15 is 38.4 Å². The van der Waals surface area contributed by atoms with Crippen LogP contribution in [0.1, 0.15) is 127 Å². The number of hydrogen-bond acceptors (Lipinski definition) is 24. The largest absolute Gasteiger partial charge is 0.508 e. The average Bonchev–Trinajstić information content (AvgIpc) is 1.72. The number of aromatic hydroxyl groups is 1. The average molecular weight is 1870 g/mol. The van der Waals surface area contributed by atoms with Gasteiger partial charge in [0.15, 0.2) is 5.78 Å². The van der Waals surface area contributed by atoms with E-state index < -0.39 is 248 Å². The van der Waals surface area contributed by atoms with Gasteiger partial charge in [0.25, 0.3) is 0 Å². The fourth-order valence-electron chi connectivity index (χ4n) is 16.7. The van der Waals surface area contributed by atoms with Crippen molar-refractivity contribution in [2.45, 2.75) is 215 Å². The number of H-pyrrole nitrogens is 3. The molecule has 3 fully saturated rings. The van der Waals surface area contributed by atoms with Gasteiger partial charge in [-0.25, -0.2) is 4.98 Å². The SMILES string of the molecule is CCCC[C@H]1C(=O)N(C)[C@@H](CCOC)C(=O)N[C@@H](CC(C)C)C(=O)N[C@H](C(=O)NCC(N)=O)CSCC(=O)N[C@@H](Cc2ccc(O)cc2)C(=O)N(C)[C@@H](C)C(=O)N[C@@H](CCN)C(=O)N2CCC[C@H]2C(=O)N[C@@H](Cc2c[nH]cn2)C(=O)N[C@@H](CCC(=O)O)C(=O)N2C[C@H](O)C[C@H]2C(=O)C[C@@H](Cc2c[nH]c3ccccc23)C(=O)N[C@@H](CO)C(=O)N[C@@H](Cc2c[nH]c3ccccc23)C(=O)N1C. The number of fused-ring (bicyclic) bond motifs is 4. The number of aliphatic carboxylic acids is 1. The second-order valence-corrected chi connectivity index (χ2v) is 35.3. The van der Waals surface area contributed by atoms with E-state index in [2.05, 4.69) is 67.8 Å². The number of carboxylic acids is 1. The quantitative estimate of drug-likeness (QED) is 0.0297. The van der Waals surface area contributed by atoms with Crippen molar-refractivity contribution >= 4 is 134 Å². The molecule has 3 aliphatic heterocycles. The Bertz CT molecular complexity index is 5110. The van der Waals surface area contributed by atoms with Gasteiger partial charge in [-0.15, -0.1) is 11.8 Å². The Morgan fingerprint density at radius 2 is 1.20 bits per heavy atom. The molecule has 15 atom stereocenters. The molecule has 42 nitrogen and oxygen atoms in total. The van der Waals surface area contributed by atoms with Crippen LogP contribution >= 0.6 is 11.8 Å². The van der Waals surface area contributed by atoms with E-state index in [1.54, 1.807) is 74.8 Å². The van der Waals surface area contributed by atoms with Crippen LogP contribution in [0, 0.1) is 11.8 Å². The standard InChI is InChI=1S/C90H124N20O22S/c1-9-10-20-72-90(131)107(6)70(29-32-132-8)84(125)101-64(33-49(2)3)81(122)105-69(80(121)96-43-75(92)115)46-133-47-76(116)98-66(34-51-22-24-56(112)25-23-51)86(127)106(5)50(4)78(119)99-63(28-30-91)88(129)109-31-15-21-71(109)85(126)102-65(38-55-42-93-48-97-55)82(123)100-62(26-27-77(117)118)89(130)110-44-57(113)39-73(110)74(114)37-52(35-53-40-94-60-18-13-11-16-58(53)60)79(120)104-68(45-111)83(124)103-67(87(128)108(72)7)36-54-41-95-61-19-14-12-17-59(54)61/h11-14,16-19,22-25,40-42,48-50,52,57,62-73,94-95,111-113H,9-10,15,20-21,26-39,43-47,91H2,1-8H3,(H2,92,115)(H,93,97)(H,96,121)(H,98,116)(H,99,119)(H,100,123)(H,101,125)(H,102,126)(H,103,124)(H,104,120)(H,105,122)(H,117,118)/t50-,52+,57+,62-,63-,64-,65-,66-,67-,68-,69-,70-,71-,72-,73-/m0/s1. The number of aliphatic hydroxyl groups excluding tert-OH is 2. The van der Waals surface area contributed by atoms with Crippen molar-refractivity contribution in [2.24, 2.45) is 23.3 Å². The van der Waals surface area contributed by atoms with E-state index in [9.17, 15) is 63.6 Å². The number of carboxylic acid groups (broad SMARTS) is 1. The fourth-order valence-corrected chi connectivity index (χ4v) is 17.5. The Kier molecular flexibility index (Phi) is 38.7. The van der Waals surface area contributed by atoms with Gasteiger partial charge in [-0.3, -0.25) is 81.5 Å². The summed E-state index contributed by atoms with van der Waals surface area (Å²) in [7, 11) is 5.27. The molecule has 0 aliphatic carbocycles. The van der Waals surface area contributed by atoms with Gasteiger partial charge in [-0.2, -0.15) is 0 Å². The van der Waals surface area contributed by atoms with Gasteiger partial charge in [0.05, 0.1) is 43.1 Å². The number of para-hydroxylation sites is 2. The lowest BCUT2D eigenvalue weighted by Crippen LogP contribution is -2.61. The number of aromatic nitrogens is 4. The fraction of sp³-hybridized carbons (Fsp3) is 0.533.